The molecule has 0 radical (unpaired) electrons. The maximum absolute atomic E-state index is 12.4. The van der Waals surface area contributed by atoms with Crippen LogP contribution in [0.2, 0.25) is 0 Å². The van der Waals surface area contributed by atoms with Crippen molar-refractivity contribution in [1.29, 1.82) is 0 Å². The van der Waals surface area contributed by atoms with Gasteiger partial charge in [0.05, 0.1) is 19.4 Å². The molecule has 25 heavy (non-hydrogen) atoms. The Hall–Kier alpha value is -2.43. The molecule has 11 heteroatoms. The third-order valence-electron chi connectivity index (χ3n) is 3.74. The summed E-state index contributed by atoms with van der Waals surface area (Å²) in [5, 5.41) is 11.8. The number of carbonyl (C=O) groups excluding carboxylic acids is 1. The van der Waals surface area contributed by atoms with Crippen LogP contribution in [-0.2, 0) is 11.8 Å². The number of aromatic nitrogens is 6. The van der Waals surface area contributed by atoms with E-state index in [1.165, 1.54) is 18.9 Å². The molecule has 1 fully saturated rings. The lowest BCUT2D eigenvalue weighted by Crippen LogP contribution is -2.45. The number of nitrogens with zero attached hydrogens (tertiary/aromatic N) is 7. The second kappa shape index (κ2) is 8.10. The van der Waals surface area contributed by atoms with Crippen LogP contribution in [0.5, 0.6) is 11.8 Å². The summed E-state index contributed by atoms with van der Waals surface area (Å²) >= 11 is 1.32. The highest BCUT2D eigenvalue weighted by Gasteiger charge is 2.26. The van der Waals surface area contributed by atoms with Crippen LogP contribution < -0.4 is 9.47 Å². The van der Waals surface area contributed by atoms with E-state index in [4.69, 9.17) is 9.47 Å². The Labute approximate surface area is 148 Å². The highest BCUT2D eigenvalue weighted by molar-refractivity contribution is 7.99. The molecule has 1 aliphatic heterocycles. The average molecular weight is 365 g/mol. The van der Waals surface area contributed by atoms with Crippen LogP contribution in [0.4, 0.5) is 0 Å². The van der Waals surface area contributed by atoms with Crippen LogP contribution in [0.15, 0.2) is 17.6 Å². The SMILES string of the molecule is COc1nccnc1OC1CCCN(C(=O)CSc2nnnn2C)C1. The number of hydrogen-bond donors (Lipinski definition) is 0. The van der Waals surface area contributed by atoms with Gasteiger partial charge in [-0.1, -0.05) is 11.8 Å². The summed E-state index contributed by atoms with van der Waals surface area (Å²) in [5.41, 5.74) is 0. The first-order chi connectivity index (χ1) is 12.2. The van der Waals surface area contributed by atoms with Gasteiger partial charge in [-0.25, -0.2) is 14.6 Å². The fraction of sp³-hybridized carbons (Fsp3) is 0.571. The van der Waals surface area contributed by atoms with Crippen LogP contribution >= 0.6 is 11.8 Å². The van der Waals surface area contributed by atoms with E-state index in [9.17, 15) is 4.79 Å². The molecular weight excluding hydrogens is 346 g/mol. The van der Waals surface area contributed by atoms with Crippen molar-refractivity contribution in [2.75, 3.05) is 26.0 Å². The topological polar surface area (TPSA) is 108 Å². The van der Waals surface area contributed by atoms with Crippen molar-refractivity contribution in [1.82, 2.24) is 35.1 Å². The van der Waals surface area contributed by atoms with Crippen molar-refractivity contribution in [3.63, 3.8) is 0 Å². The van der Waals surface area contributed by atoms with Gasteiger partial charge in [-0.15, -0.1) is 5.10 Å². The van der Waals surface area contributed by atoms with Gasteiger partial charge in [0.15, 0.2) is 0 Å². The zero-order chi connectivity index (χ0) is 17.6. The number of tetrazole rings is 1. The van der Waals surface area contributed by atoms with Crippen molar-refractivity contribution in [2.45, 2.75) is 24.1 Å². The number of carbonyl (C=O) groups is 1. The summed E-state index contributed by atoms with van der Waals surface area (Å²) < 4.78 is 12.6. The van der Waals surface area contributed by atoms with E-state index in [0.717, 1.165) is 12.8 Å². The second-order valence-electron chi connectivity index (χ2n) is 5.47. The first kappa shape index (κ1) is 17.4. The van der Waals surface area contributed by atoms with Gasteiger partial charge in [0.2, 0.25) is 11.1 Å². The largest absolute Gasteiger partial charge is 0.477 e. The number of aryl methyl sites for hydroxylation is 1. The van der Waals surface area contributed by atoms with E-state index in [-0.39, 0.29) is 17.8 Å². The van der Waals surface area contributed by atoms with Gasteiger partial charge >= 0.3 is 0 Å². The van der Waals surface area contributed by atoms with Gasteiger partial charge in [0, 0.05) is 26.0 Å². The highest BCUT2D eigenvalue weighted by atomic mass is 32.2. The molecule has 1 unspecified atom stereocenters. The van der Waals surface area contributed by atoms with E-state index in [1.807, 2.05) is 0 Å². The molecule has 0 saturated carbocycles. The van der Waals surface area contributed by atoms with Crippen LogP contribution in [0.1, 0.15) is 12.8 Å². The Morgan fingerprint density at radius 1 is 1.36 bits per heavy atom. The molecule has 1 atom stereocenters. The quantitative estimate of drug-likeness (QED) is 0.662. The molecule has 2 aromatic heterocycles. The lowest BCUT2D eigenvalue weighted by Gasteiger charge is -2.32. The molecule has 3 heterocycles. The van der Waals surface area contributed by atoms with E-state index >= 15 is 0 Å². The molecule has 0 aliphatic carbocycles. The van der Waals surface area contributed by atoms with Crippen LogP contribution in [-0.4, -0.2) is 73.0 Å². The third-order valence-corrected chi connectivity index (χ3v) is 4.74. The zero-order valence-corrected chi connectivity index (χ0v) is 14.8. The summed E-state index contributed by atoms with van der Waals surface area (Å²) in [7, 11) is 3.26. The summed E-state index contributed by atoms with van der Waals surface area (Å²) in [4.78, 5) is 22.5. The number of methoxy groups -OCH3 is 1. The van der Waals surface area contributed by atoms with Gasteiger partial charge in [0.1, 0.15) is 6.10 Å². The molecule has 0 bridgehead atoms. The molecule has 134 valence electrons. The smallest absolute Gasteiger partial charge is 0.278 e. The standard InChI is InChI=1S/C14H19N7O3S/c1-20-14(17-18-19-20)25-9-11(22)21-7-3-4-10(8-21)24-13-12(23-2)15-5-6-16-13/h5-6,10H,3-4,7-9H2,1-2H3. The molecule has 0 aromatic carbocycles. The predicted molar refractivity (Wildman–Crippen MR) is 88.3 cm³/mol. The molecule has 0 N–H and O–H groups in total. The van der Waals surface area contributed by atoms with Crippen molar-refractivity contribution in [3.8, 4) is 11.8 Å². The molecule has 1 amide bonds. The van der Waals surface area contributed by atoms with E-state index in [0.29, 0.717) is 30.0 Å². The Morgan fingerprint density at radius 3 is 2.88 bits per heavy atom. The van der Waals surface area contributed by atoms with Crippen molar-refractivity contribution in [3.05, 3.63) is 12.4 Å². The van der Waals surface area contributed by atoms with E-state index < -0.39 is 0 Å². The molecule has 1 aliphatic rings. The number of piperidine rings is 1. The number of rotatable bonds is 6. The Bertz CT molecular complexity index is 726. The van der Waals surface area contributed by atoms with Gasteiger partial charge in [0.25, 0.3) is 11.8 Å². The summed E-state index contributed by atoms with van der Waals surface area (Å²) in [5.74, 6) is 1.02. The Morgan fingerprint density at radius 2 is 2.16 bits per heavy atom. The maximum atomic E-state index is 12.4. The predicted octanol–water partition coefficient (Wildman–Crippen LogP) is 0.171. The van der Waals surface area contributed by atoms with Crippen molar-refractivity contribution in [2.24, 2.45) is 7.05 Å². The lowest BCUT2D eigenvalue weighted by atomic mass is 10.1. The summed E-state index contributed by atoms with van der Waals surface area (Å²) in [6, 6.07) is 0. The Balaban J connectivity index is 1.55. The van der Waals surface area contributed by atoms with Crippen LogP contribution in [0.25, 0.3) is 0 Å². The minimum Gasteiger partial charge on any atom is -0.477 e. The second-order valence-corrected chi connectivity index (χ2v) is 6.41. The maximum Gasteiger partial charge on any atom is 0.278 e. The molecule has 1 saturated heterocycles. The monoisotopic (exact) mass is 365 g/mol. The molecular formula is C14H19N7O3S. The summed E-state index contributed by atoms with van der Waals surface area (Å²) in [6.07, 6.45) is 4.68. The van der Waals surface area contributed by atoms with Crippen molar-refractivity contribution < 1.29 is 14.3 Å². The van der Waals surface area contributed by atoms with Crippen LogP contribution in [0.3, 0.4) is 0 Å². The molecule has 3 rings (SSSR count). The number of thioether (sulfide) groups is 1. The number of likely N-dealkylation sites (tertiary alicyclic amines) is 1. The minimum absolute atomic E-state index is 0.0346. The summed E-state index contributed by atoms with van der Waals surface area (Å²) in [6.45, 7) is 1.23. The normalized spacial score (nSPS) is 17.4. The third kappa shape index (κ3) is 4.35. The van der Waals surface area contributed by atoms with Crippen molar-refractivity contribution >= 4 is 17.7 Å². The number of hydrogen-bond acceptors (Lipinski definition) is 9. The Kier molecular flexibility index (Phi) is 5.64. The van der Waals surface area contributed by atoms with E-state index in [2.05, 4.69) is 25.5 Å². The average Bonchev–Trinajstić information content (AvgIpc) is 3.05. The molecule has 10 nitrogen and oxygen atoms in total. The number of ether oxygens (including phenoxy) is 2. The van der Waals surface area contributed by atoms with E-state index in [1.54, 1.807) is 29.0 Å². The van der Waals surface area contributed by atoms with Gasteiger partial charge < -0.3 is 14.4 Å². The lowest BCUT2D eigenvalue weighted by molar-refractivity contribution is -0.131. The zero-order valence-electron chi connectivity index (χ0n) is 14.0. The highest BCUT2D eigenvalue weighted by Crippen LogP contribution is 2.24. The molecule has 0 spiro atoms. The van der Waals surface area contributed by atoms with Gasteiger partial charge in [-0.3, -0.25) is 4.79 Å². The van der Waals surface area contributed by atoms with Gasteiger partial charge in [-0.05, 0) is 23.3 Å². The first-order valence-corrected chi connectivity index (χ1v) is 8.80. The molecule has 2 aromatic rings. The fourth-order valence-corrected chi connectivity index (χ4v) is 3.27. The first-order valence-electron chi connectivity index (χ1n) is 7.82. The minimum atomic E-state index is -0.134. The van der Waals surface area contributed by atoms with Gasteiger partial charge in [-0.2, -0.15) is 0 Å². The fourth-order valence-electron chi connectivity index (χ4n) is 2.51. The van der Waals surface area contributed by atoms with Crippen LogP contribution in [0, 0.1) is 0 Å². The number of amides is 1.